The number of hydrogen-bond donors (Lipinski definition) is 1. The zero-order chi connectivity index (χ0) is 14.5. The smallest absolute Gasteiger partial charge is 0.240 e. The van der Waals surface area contributed by atoms with Crippen LogP contribution in [-0.4, -0.2) is 35.6 Å². The van der Waals surface area contributed by atoms with E-state index in [0.29, 0.717) is 12.4 Å². The lowest BCUT2D eigenvalue weighted by atomic mass is 10.2. The summed E-state index contributed by atoms with van der Waals surface area (Å²) in [4.78, 5) is 15.3. The van der Waals surface area contributed by atoms with Gasteiger partial charge >= 0.3 is 0 Å². The van der Waals surface area contributed by atoms with Gasteiger partial charge < -0.3 is 4.52 Å². The van der Waals surface area contributed by atoms with Gasteiger partial charge in [0.25, 0.3) is 0 Å². The number of aromatic nitrogens is 1. The first-order valence-corrected chi connectivity index (χ1v) is 8.22. The van der Waals surface area contributed by atoms with Crippen molar-refractivity contribution in [2.45, 2.75) is 25.7 Å². The summed E-state index contributed by atoms with van der Waals surface area (Å²) in [5.74, 6) is 0.379. The highest BCUT2D eigenvalue weighted by molar-refractivity contribution is 7.13. The number of nitrogens with one attached hydrogen (secondary N) is 1. The molecule has 21 heavy (non-hydrogen) atoms. The van der Waals surface area contributed by atoms with Gasteiger partial charge in [-0.05, 0) is 37.4 Å². The summed E-state index contributed by atoms with van der Waals surface area (Å²) in [6, 6.07) is 5.71. The van der Waals surface area contributed by atoms with Crippen LogP contribution in [0.5, 0.6) is 0 Å². The van der Waals surface area contributed by atoms with Crippen LogP contribution in [0.15, 0.2) is 28.1 Å². The molecule has 1 N–H and O–H groups in total. The highest BCUT2D eigenvalue weighted by atomic mass is 32.1. The highest BCUT2D eigenvalue weighted by Gasteiger charge is 2.15. The van der Waals surface area contributed by atoms with Crippen LogP contribution in [0, 0.1) is 0 Å². The third-order valence-electron chi connectivity index (χ3n) is 3.61. The predicted molar refractivity (Wildman–Crippen MR) is 83.4 cm³/mol. The second kappa shape index (κ2) is 6.87. The van der Waals surface area contributed by atoms with Crippen molar-refractivity contribution in [1.82, 2.24) is 10.1 Å². The monoisotopic (exact) mass is 305 g/mol. The number of anilines is 1. The molecular weight excluding hydrogens is 286 g/mol. The largest absolute Gasteiger partial charge is 0.338 e. The molecule has 3 heterocycles. The minimum Gasteiger partial charge on any atom is -0.338 e. The molecule has 0 aromatic carbocycles. The Morgan fingerprint density at radius 3 is 2.86 bits per heavy atom. The quantitative estimate of drug-likeness (QED) is 0.942. The highest BCUT2D eigenvalue weighted by Crippen LogP contribution is 2.25. The molecule has 0 unspecified atom stereocenters. The topological polar surface area (TPSA) is 58.4 Å². The molecule has 1 aliphatic rings. The van der Waals surface area contributed by atoms with Gasteiger partial charge in [0.2, 0.25) is 11.8 Å². The zero-order valence-electron chi connectivity index (χ0n) is 11.9. The molecule has 1 aliphatic heterocycles. The Labute approximate surface area is 127 Å². The van der Waals surface area contributed by atoms with Crippen LogP contribution < -0.4 is 5.32 Å². The fraction of sp³-hybridized carbons (Fsp3) is 0.467. The second-order valence-corrected chi connectivity index (χ2v) is 6.24. The maximum atomic E-state index is 12.1. The van der Waals surface area contributed by atoms with E-state index in [2.05, 4.69) is 15.4 Å². The molecule has 0 bridgehead atoms. The summed E-state index contributed by atoms with van der Waals surface area (Å²) in [5, 5.41) is 8.76. The maximum Gasteiger partial charge on any atom is 0.240 e. The molecule has 3 rings (SSSR count). The Hall–Kier alpha value is -1.66. The molecule has 112 valence electrons. The molecule has 1 amide bonds. The molecule has 1 fully saturated rings. The molecular formula is C15H19N3O2S. The van der Waals surface area contributed by atoms with Crippen LogP contribution in [0.3, 0.4) is 0 Å². The number of nitrogens with zero attached hydrogens (tertiary/aromatic N) is 2. The number of rotatable bonds is 4. The SMILES string of the molecule is O=C(CN1CCCCCC1)Nc1cc(-c2cccs2)no1. The summed E-state index contributed by atoms with van der Waals surface area (Å²) in [5.41, 5.74) is 0.759. The van der Waals surface area contributed by atoms with E-state index in [1.165, 1.54) is 25.7 Å². The molecule has 1 saturated heterocycles. The van der Waals surface area contributed by atoms with E-state index in [1.54, 1.807) is 17.4 Å². The van der Waals surface area contributed by atoms with E-state index in [1.807, 2.05) is 17.5 Å². The van der Waals surface area contributed by atoms with E-state index in [4.69, 9.17) is 4.52 Å². The van der Waals surface area contributed by atoms with Crippen LogP contribution in [0.4, 0.5) is 5.88 Å². The van der Waals surface area contributed by atoms with Crippen molar-refractivity contribution in [3.8, 4) is 10.6 Å². The summed E-state index contributed by atoms with van der Waals surface area (Å²) in [6.07, 6.45) is 4.89. The van der Waals surface area contributed by atoms with Crippen molar-refractivity contribution >= 4 is 23.1 Å². The van der Waals surface area contributed by atoms with E-state index >= 15 is 0 Å². The minimum atomic E-state index is -0.0363. The third-order valence-corrected chi connectivity index (χ3v) is 4.50. The molecule has 0 radical (unpaired) electrons. The minimum absolute atomic E-state index is 0.0363. The van der Waals surface area contributed by atoms with Crippen molar-refractivity contribution < 1.29 is 9.32 Å². The van der Waals surface area contributed by atoms with Gasteiger partial charge in [0.05, 0.1) is 11.4 Å². The van der Waals surface area contributed by atoms with Gasteiger partial charge in [-0.15, -0.1) is 11.3 Å². The molecule has 2 aromatic heterocycles. The Morgan fingerprint density at radius 2 is 2.14 bits per heavy atom. The molecule has 0 spiro atoms. The molecule has 6 heteroatoms. The lowest BCUT2D eigenvalue weighted by Crippen LogP contribution is -2.33. The molecule has 2 aromatic rings. The number of hydrogen-bond acceptors (Lipinski definition) is 5. The number of thiophene rings is 1. The molecule has 5 nitrogen and oxygen atoms in total. The fourth-order valence-corrected chi connectivity index (χ4v) is 3.23. The van der Waals surface area contributed by atoms with Crippen molar-refractivity contribution in [2.75, 3.05) is 25.0 Å². The first-order chi connectivity index (χ1) is 10.3. The molecule has 0 aliphatic carbocycles. The van der Waals surface area contributed by atoms with E-state index < -0.39 is 0 Å². The first kappa shape index (κ1) is 14.3. The van der Waals surface area contributed by atoms with Gasteiger partial charge in [0.1, 0.15) is 5.69 Å². The summed E-state index contributed by atoms with van der Waals surface area (Å²) in [6.45, 7) is 2.43. The maximum absolute atomic E-state index is 12.1. The number of amides is 1. The Balaban J connectivity index is 1.55. The standard InChI is InChI=1S/C15H19N3O2S/c19-14(11-18-7-3-1-2-4-8-18)16-15-10-12(17-20-15)13-6-5-9-21-13/h5-6,9-10H,1-4,7-8,11H2,(H,16,19). The molecule has 0 saturated carbocycles. The number of carbonyl (C=O) groups excluding carboxylic acids is 1. The average molecular weight is 305 g/mol. The second-order valence-electron chi connectivity index (χ2n) is 5.29. The van der Waals surface area contributed by atoms with Crippen molar-refractivity contribution in [1.29, 1.82) is 0 Å². The van der Waals surface area contributed by atoms with Gasteiger partial charge in [-0.2, -0.15) is 0 Å². The van der Waals surface area contributed by atoms with Gasteiger partial charge in [-0.1, -0.05) is 24.1 Å². The summed E-state index contributed by atoms with van der Waals surface area (Å²) in [7, 11) is 0. The van der Waals surface area contributed by atoms with E-state index in [-0.39, 0.29) is 5.91 Å². The van der Waals surface area contributed by atoms with Gasteiger partial charge in [0.15, 0.2) is 0 Å². The van der Waals surface area contributed by atoms with Gasteiger partial charge in [-0.3, -0.25) is 15.0 Å². The van der Waals surface area contributed by atoms with Gasteiger partial charge in [0, 0.05) is 6.07 Å². The normalized spacial score (nSPS) is 16.6. The van der Waals surface area contributed by atoms with Crippen molar-refractivity contribution in [2.24, 2.45) is 0 Å². The lowest BCUT2D eigenvalue weighted by molar-refractivity contribution is -0.117. The zero-order valence-corrected chi connectivity index (χ0v) is 12.7. The summed E-state index contributed by atoms with van der Waals surface area (Å²) < 4.78 is 5.18. The van der Waals surface area contributed by atoms with E-state index in [0.717, 1.165) is 23.7 Å². The van der Waals surface area contributed by atoms with Crippen LogP contribution in [0.1, 0.15) is 25.7 Å². The lowest BCUT2D eigenvalue weighted by Gasteiger charge is -2.18. The third kappa shape index (κ3) is 3.92. The number of likely N-dealkylation sites (tertiary alicyclic amines) is 1. The summed E-state index contributed by atoms with van der Waals surface area (Å²) >= 11 is 1.60. The number of carbonyl (C=O) groups is 1. The average Bonchev–Trinajstić information content (AvgIpc) is 3.07. The van der Waals surface area contributed by atoms with Crippen LogP contribution in [0.2, 0.25) is 0 Å². The van der Waals surface area contributed by atoms with Crippen LogP contribution in [0.25, 0.3) is 10.6 Å². The fourth-order valence-electron chi connectivity index (χ4n) is 2.55. The van der Waals surface area contributed by atoms with Crippen LogP contribution in [-0.2, 0) is 4.79 Å². The van der Waals surface area contributed by atoms with Crippen molar-refractivity contribution in [3.63, 3.8) is 0 Å². The molecule has 0 atom stereocenters. The van der Waals surface area contributed by atoms with Crippen LogP contribution >= 0.6 is 11.3 Å². The predicted octanol–water partition coefficient (Wildman–Crippen LogP) is 3.22. The Kier molecular flexibility index (Phi) is 4.67. The Morgan fingerprint density at radius 1 is 1.33 bits per heavy atom. The van der Waals surface area contributed by atoms with E-state index in [9.17, 15) is 4.79 Å². The first-order valence-electron chi connectivity index (χ1n) is 7.34. The van der Waals surface area contributed by atoms with Gasteiger partial charge in [-0.25, -0.2) is 0 Å². The van der Waals surface area contributed by atoms with Crippen molar-refractivity contribution in [3.05, 3.63) is 23.6 Å². The Bertz CT molecular complexity index is 572.